The molecule has 0 aliphatic heterocycles. The van der Waals surface area contributed by atoms with Crippen LogP contribution >= 0.6 is 0 Å². The Morgan fingerprint density at radius 2 is 1.68 bits per heavy atom. The van der Waals surface area contributed by atoms with Gasteiger partial charge in [0.1, 0.15) is 11.6 Å². The van der Waals surface area contributed by atoms with Crippen LogP contribution in [0, 0.1) is 25.5 Å². The summed E-state index contributed by atoms with van der Waals surface area (Å²) in [6.07, 6.45) is 0. The highest BCUT2D eigenvalue weighted by molar-refractivity contribution is 5.87. The standard InChI is InChI=1S/C16H13F2N/c1-10-11(2)19(15-6-4-3-5-13(10)15)16-8-7-12(17)9-14(16)18/h3-9H,1-2H3. The van der Waals surface area contributed by atoms with Crippen LogP contribution in [0.4, 0.5) is 8.78 Å². The van der Waals surface area contributed by atoms with Crippen LogP contribution in [0.1, 0.15) is 11.3 Å². The number of benzene rings is 2. The molecule has 3 aromatic rings. The van der Waals surface area contributed by atoms with Gasteiger partial charge < -0.3 is 4.57 Å². The Hall–Kier alpha value is -2.16. The number of fused-ring (bicyclic) bond motifs is 1. The first-order chi connectivity index (χ1) is 9.09. The molecule has 0 unspecified atom stereocenters. The summed E-state index contributed by atoms with van der Waals surface area (Å²) >= 11 is 0. The van der Waals surface area contributed by atoms with Gasteiger partial charge in [-0.2, -0.15) is 0 Å². The van der Waals surface area contributed by atoms with E-state index in [0.29, 0.717) is 5.69 Å². The van der Waals surface area contributed by atoms with Crippen LogP contribution in [0.2, 0.25) is 0 Å². The van der Waals surface area contributed by atoms with Gasteiger partial charge in [0.25, 0.3) is 0 Å². The Morgan fingerprint density at radius 1 is 0.947 bits per heavy atom. The lowest BCUT2D eigenvalue weighted by Crippen LogP contribution is -2.00. The molecule has 0 radical (unpaired) electrons. The number of aryl methyl sites for hydroxylation is 1. The molecule has 0 atom stereocenters. The van der Waals surface area contributed by atoms with Gasteiger partial charge in [0.15, 0.2) is 0 Å². The molecule has 0 spiro atoms. The summed E-state index contributed by atoms with van der Waals surface area (Å²) in [5.74, 6) is -1.11. The maximum atomic E-state index is 14.0. The number of halogens is 2. The fourth-order valence-electron chi connectivity index (χ4n) is 2.50. The molecule has 1 aromatic heterocycles. The van der Waals surface area contributed by atoms with Crippen LogP contribution in [0.5, 0.6) is 0 Å². The summed E-state index contributed by atoms with van der Waals surface area (Å²) in [5.41, 5.74) is 3.39. The SMILES string of the molecule is Cc1c(C)n(-c2ccc(F)cc2F)c2ccccc12. The minimum atomic E-state index is -0.563. The first-order valence-electron chi connectivity index (χ1n) is 6.11. The predicted octanol–water partition coefficient (Wildman–Crippen LogP) is 4.53. The van der Waals surface area contributed by atoms with Crippen molar-refractivity contribution in [3.8, 4) is 5.69 Å². The summed E-state index contributed by atoms with van der Waals surface area (Å²) in [5, 5.41) is 1.09. The van der Waals surface area contributed by atoms with Crippen molar-refractivity contribution in [3.63, 3.8) is 0 Å². The van der Waals surface area contributed by atoms with E-state index in [2.05, 4.69) is 0 Å². The fourth-order valence-corrected chi connectivity index (χ4v) is 2.50. The van der Waals surface area contributed by atoms with Crippen LogP contribution in [0.25, 0.3) is 16.6 Å². The summed E-state index contributed by atoms with van der Waals surface area (Å²) in [6.45, 7) is 3.95. The van der Waals surface area contributed by atoms with E-state index < -0.39 is 11.6 Å². The zero-order chi connectivity index (χ0) is 13.6. The summed E-state index contributed by atoms with van der Waals surface area (Å²) in [6, 6.07) is 11.5. The van der Waals surface area contributed by atoms with Gasteiger partial charge in [-0.1, -0.05) is 18.2 Å². The van der Waals surface area contributed by atoms with E-state index in [-0.39, 0.29) is 0 Å². The van der Waals surface area contributed by atoms with Crippen molar-refractivity contribution in [1.29, 1.82) is 0 Å². The Kier molecular flexibility index (Phi) is 2.63. The molecule has 96 valence electrons. The van der Waals surface area contributed by atoms with Crippen LogP contribution in [-0.2, 0) is 0 Å². The average molecular weight is 257 g/mol. The minimum absolute atomic E-state index is 0.378. The van der Waals surface area contributed by atoms with E-state index in [0.717, 1.165) is 28.2 Å². The highest BCUT2D eigenvalue weighted by atomic mass is 19.1. The Labute approximate surface area is 110 Å². The van der Waals surface area contributed by atoms with Crippen molar-refractivity contribution in [1.82, 2.24) is 4.57 Å². The maximum Gasteiger partial charge on any atom is 0.150 e. The molecule has 0 N–H and O–H groups in total. The van der Waals surface area contributed by atoms with Crippen LogP contribution in [0.15, 0.2) is 42.5 Å². The van der Waals surface area contributed by atoms with E-state index in [1.54, 1.807) is 0 Å². The second kappa shape index (κ2) is 4.19. The van der Waals surface area contributed by atoms with E-state index >= 15 is 0 Å². The fraction of sp³-hybridized carbons (Fsp3) is 0.125. The lowest BCUT2D eigenvalue weighted by Gasteiger charge is -2.09. The molecule has 0 saturated carbocycles. The first-order valence-corrected chi connectivity index (χ1v) is 6.11. The maximum absolute atomic E-state index is 14.0. The largest absolute Gasteiger partial charge is 0.311 e. The third kappa shape index (κ3) is 1.73. The van der Waals surface area contributed by atoms with E-state index in [4.69, 9.17) is 0 Å². The molecule has 0 aliphatic rings. The van der Waals surface area contributed by atoms with Crippen LogP contribution in [-0.4, -0.2) is 4.57 Å². The third-order valence-corrected chi connectivity index (χ3v) is 3.58. The van der Waals surface area contributed by atoms with Gasteiger partial charge in [-0.25, -0.2) is 8.78 Å². The van der Waals surface area contributed by atoms with Gasteiger partial charge in [0, 0.05) is 17.1 Å². The summed E-state index contributed by atoms with van der Waals surface area (Å²) in [7, 11) is 0. The molecular weight excluding hydrogens is 244 g/mol. The van der Waals surface area contributed by atoms with Gasteiger partial charge in [0.2, 0.25) is 0 Å². The van der Waals surface area contributed by atoms with Crippen LogP contribution < -0.4 is 0 Å². The molecule has 0 saturated heterocycles. The number of rotatable bonds is 1. The van der Waals surface area contributed by atoms with Crippen molar-refractivity contribution < 1.29 is 8.78 Å². The van der Waals surface area contributed by atoms with Gasteiger partial charge in [-0.3, -0.25) is 0 Å². The lowest BCUT2D eigenvalue weighted by atomic mass is 10.2. The quantitative estimate of drug-likeness (QED) is 0.603. The minimum Gasteiger partial charge on any atom is -0.311 e. The molecule has 1 heterocycles. The molecule has 2 aromatic carbocycles. The molecule has 0 aliphatic carbocycles. The second-order valence-electron chi connectivity index (χ2n) is 4.66. The topological polar surface area (TPSA) is 4.93 Å². The molecule has 3 heteroatoms. The van der Waals surface area contributed by atoms with Crippen molar-refractivity contribution >= 4 is 10.9 Å². The van der Waals surface area contributed by atoms with Gasteiger partial charge >= 0.3 is 0 Å². The van der Waals surface area contributed by atoms with Crippen molar-refractivity contribution in [3.05, 3.63) is 65.4 Å². The molecular formula is C16H13F2N. The van der Waals surface area contributed by atoms with Crippen molar-refractivity contribution in [2.24, 2.45) is 0 Å². The first kappa shape index (κ1) is 11.9. The number of hydrogen-bond acceptors (Lipinski definition) is 0. The van der Waals surface area contributed by atoms with Crippen molar-refractivity contribution in [2.45, 2.75) is 13.8 Å². The average Bonchev–Trinajstić information content (AvgIpc) is 2.64. The molecule has 0 bridgehead atoms. The van der Waals surface area contributed by atoms with Gasteiger partial charge in [-0.05, 0) is 37.6 Å². The summed E-state index contributed by atoms with van der Waals surface area (Å²) < 4.78 is 28.9. The molecule has 19 heavy (non-hydrogen) atoms. The highest BCUT2D eigenvalue weighted by Crippen LogP contribution is 2.29. The number of aromatic nitrogens is 1. The molecule has 3 rings (SSSR count). The van der Waals surface area contributed by atoms with Crippen LogP contribution in [0.3, 0.4) is 0 Å². The second-order valence-corrected chi connectivity index (χ2v) is 4.66. The Bertz CT molecular complexity index is 772. The normalized spacial score (nSPS) is 11.2. The lowest BCUT2D eigenvalue weighted by molar-refractivity contribution is 0.578. The van der Waals surface area contributed by atoms with E-state index in [9.17, 15) is 8.78 Å². The molecule has 0 amide bonds. The Morgan fingerprint density at radius 3 is 2.42 bits per heavy atom. The third-order valence-electron chi connectivity index (χ3n) is 3.58. The highest BCUT2D eigenvalue weighted by Gasteiger charge is 2.14. The zero-order valence-electron chi connectivity index (χ0n) is 10.7. The van der Waals surface area contributed by atoms with Crippen molar-refractivity contribution in [2.75, 3.05) is 0 Å². The Balaban J connectivity index is 2.39. The summed E-state index contributed by atoms with van der Waals surface area (Å²) in [4.78, 5) is 0. The number of nitrogens with zero attached hydrogens (tertiary/aromatic N) is 1. The predicted molar refractivity (Wildman–Crippen MR) is 72.7 cm³/mol. The van der Waals surface area contributed by atoms with E-state index in [1.807, 2.05) is 42.7 Å². The van der Waals surface area contributed by atoms with E-state index in [1.165, 1.54) is 12.1 Å². The molecule has 0 fully saturated rings. The number of para-hydroxylation sites is 1. The molecule has 1 nitrogen and oxygen atoms in total. The smallest absolute Gasteiger partial charge is 0.150 e. The van der Waals surface area contributed by atoms with Gasteiger partial charge in [-0.15, -0.1) is 0 Å². The van der Waals surface area contributed by atoms with Gasteiger partial charge in [0.05, 0.1) is 11.2 Å². The zero-order valence-corrected chi connectivity index (χ0v) is 10.7. The number of hydrogen-bond donors (Lipinski definition) is 0. The monoisotopic (exact) mass is 257 g/mol.